The highest BCUT2D eigenvalue weighted by Gasteiger charge is 2.34. The third-order valence-corrected chi connectivity index (χ3v) is 4.84. The smallest absolute Gasteiger partial charge is 0.352 e. The Morgan fingerprint density at radius 3 is 2.11 bits per heavy atom. The summed E-state index contributed by atoms with van der Waals surface area (Å²) in [5, 5.41) is 23.3. The van der Waals surface area contributed by atoms with Gasteiger partial charge in [-0.3, -0.25) is 20.2 Å². The molecule has 2 aromatic carbocycles. The van der Waals surface area contributed by atoms with Gasteiger partial charge in [0, 0.05) is 37.4 Å². The first-order chi connectivity index (χ1) is 17.5. The van der Waals surface area contributed by atoms with Gasteiger partial charge >= 0.3 is 11.9 Å². The summed E-state index contributed by atoms with van der Waals surface area (Å²) in [4.78, 5) is 48.9. The first-order valence-corrected chi connectivity index (χ1v) is 11.0. The molecule has 13 heteroatoms. The fourth-order valence-electron chi connectivity index (χ4n) is 3.28. The Kier molecular flexibility index (Phi) is 11.4. The molecule has 0 fully saturated rings. The highest BCUT2D eigenvalue weighted by Crippen LogP contribution is 2.33. The van der Waals surface area contributed by atoms with Gasteiger partial charge in [-0.15, -0.1) is 0 Å². The van der Waals surface area contributed by atoms with E-state index >= 15 is 0 Å². The van der Waals surface area contributed by atoms with Crippen molar-refractivity contribution < 1.29 is 28.9 Å². The molecule has 0 saturated carbocycles. The van der Waals surface area contributed by atoms with Crippen LogP contribution >= 0.6 is 0 Å². The molecule has 1 aromatic heterocycles. The Balaban J connectivity index is 0.000000393. The average Bonchev–Trinajstić information content (AvgIpc) is 3.31. The molecule has 1 heterocycles. The van der Waals surface area contributed by atoms with E-state index in [0.29, 0.717) is 17.9 Å². The molecule has 0 saturated heterocycles. The molecule has 0 radical (unpaired) electrons. The van der Waals surface area contributed by atoms with E-state index in [-0.39, 0.29) is 25.6 Å². The van der Waals surface area contributed by atoms with Crippen LogP contribution in [0.2, 0.25) is 0 Å². The molecule has 3 N–H and O–H groups in total. The van der Waals surface area contributed by atoms with Crippen LogP contribution in [0.1, 0.15) is 47.6 Å². The summed E-state index contributed by atoms with van der Waals surface area (Å²) in [6.45, 7) is 3.56. The van der Waals surface area contributed by atoms with E-state index in [1.807, 2.05) is 12.1 Å². The number of ether oxygens (including phenoxy) is 2. The summed E-state index contributed by atoms with van der Waals surface area (Å²) >= 11 is 0. The summed E-state index contributed by atoms with van der Waals surface area (Å²) in [5.41, 5.74) is 5.45. The van der Waals surface area contributed by atoms with Crippen molar-refractivity contribution in [3.63, 3.8) is 0 Å². The lowest BCUT2D eigenvalue weighted by Crippen LogP contribution is -2.12. The Morgan fingerprint density at radius 1 is 0.974 bits per heavy atom. The van der Waals surface area contributed by atoms with Crippen LogP contribution in [-0.2, 0) is 9.47 Å². The van der Waals surface area contributed by atoms with Crippen LogP contribution in [0.4, 0.5) is 17.1 Å². The fraction of sp³-hybridized carbons (Fsp3) is 0.280. The van der Waals surface area contributed by atoms with Gasteiger partial charge in [0.25, 0.3) is 11.4 Å². The van der Waals surface area contributed by atoms with E-state index in [2.05, 4.69) is 4.98 Å². The maximum atomic E-state index is 11.9. The minimum absolute atomic E-state index is 0. The van der Waals surface area contributed by atoms with E-state index in [0.717, 1.165) is 17.0 Å². The number of benzene rings is 2. The summed E-state index contributed by atoms with van der Waals surface area (Å²) in [5.74, 6) is -1.48. The maximum absolute atomic E-state index is 11.9. The monoisotopic (exact) mass is 529 g/mol. The largest absolute Gasteiger partial charge is 0.462 e. The van der Waals surface area contributed by atoms with Crippen LogP contribution in [0.25, 0.3) is 17.0 Å². The maximum Gasteiger partial charge on any atom is 0.352 e. The fourth-order valence-corrected chi connectivity index (χ4v) is 3.28. The number of nitrogens with one attached hydrogen (secondary N) is 1. The Bertz CT molecular complexity index is 1350. The van der Waals surface area contributed by atoms with Gasteiger partial charge in [0.15, 0.2) is 0 Å². The van der Waals surface area contributed by atoms with E-state index in [1.54, 1.807) is 38.2 Å². The molecule has 0 spiro atoms. The number of hydrogen-bond acceptors (Lipinski definition) is 10. The summed E-state index contributed by atoms with van der Waals surface area (Å²) in [6, 6.07) is 7.73. The average molecular weight is 530 g/mol. The van der Waals surface area contributed by atoms with Crippen molar-refractivity contribution in [3.05, 3.63) is 79.6 Å². The standard InChI is InChI=1S/C13H15N3O6.C11H12N2O2.CH4/c1-4-22-13(17)11-10(15(18)19)6-5-9(7-8-14(2)3)12(11)16(20)21;1-2-15-11(14)9-8(12)4-3-7-5-6-13-10(7)9;/h5-8H,4H2,1-3H3;3-6,13H,2,12H2,1H3;1H4/b8-7+;;. The van der Waals surface area contributed by atoms with Crippen molar-refractivity contribution in [2.75, 3.05) is 33.0 Å². The molecule has 3 aromatic rings. The van der Waals surface area contributed by atoms with Crippen LogP contribution < -0.4 is 5.73 Å². The van der Waals surface area contributed by atoms with Crippen LogP contribution in [0.5, 0.6) is 0 Å². The minimum Gasteiger partial charge on any atom is -0.462 e. The predicted octanol–water partition coefficient (Wildman–Crippen LogP) is 4.77. The quantitative estimate of drug-likeness (QED) is 0.178. The number of nitro groups is 2. The van der Waals surface area contributed by atoms with Gasteiger partial charge in [-0.1, -0.05) is 13.5 Å². The van der Waals surface area contributed by atoms with Crippen LogP contribution in [-0.4, -0.2) is 59.0 Å². The molecule has 3 rings (SSSR count). The number of fused-ring (bicyclic) bond motifs is 1. The number of nitrogen functional groups attached to an aromatic ring is 1. The Labute approximate surface area is 219 Å². The molecule has 204 valence electrons. The zero-order chi connectivity index (χ0) is 27.7. The van der Waals surface area contributed by atoms with Gasteiger partial charge in [-0.2, -0.15) is 0 Å². The number of nitrogens with two attached hydrogens (primary N) is 1. The van der Waals surface area contributed by atoms with Gasteiger partial charge in [-0.25, -0.2) is 9.59 Å². The molecule has 13 nitrogen and oxygen atoms in total. The first kappa shape index (κ1) is 31.1. The lowest BCUT2D eigenvalue weighted by Gasteiger charge is -2.07. The third-order valence-electron chi connectivity index (χ3n) is 4.84. The van der Waals surface area contributed by atoms with Gasteiger partial charge < -0.3 is 25.1 Å². The highest BCUT2D eigenvalue weighted by molar-refractivity contribution is 6.07. The third kappa shape index (κ3) is 7.29. The van der Waals surface area contributed by atoms with Crippen LogP contribution in [0.3, 0.4) is 0 Å². The molecule has 0 aliphatic heterocycles. The van der Waals surface area contributed by atoms with E-state index in [4.69, 9.17) is 15.2 Å². The number of carbonyl (C=O) groups excluding carboxylic acids is 2. The number of H-pyrrole nitrogens is 1. The summed E-state index contributed by atoms with van der Waals surface area (Å²) in [7, 11) is 3.42. The number of aromatic amines is 1. The van der Waals surface area contributed by atoms with Crippen LogP contribution in [0, 0.1) is 20.2 Å². The summed E-state index contributed by atoms with van der Waals surface area (Å²) < 4.78 is 9.66. The zero-order valence-corrected chi connectivity index (χ0v) is 20.7. The van der Waals surface area contributed by atoms with Crippen LogP contribution in [0.15, 0.2) is 42.7 Å². The molecule has 0 amide bonds. The van der Waals surface area contributed by atoms with Gasteiger partial charge in [-0.05, 0) is 44.3 Å². The SMILES string of the molecule is C.CCOC(=O)c1c(N)ccc2cc[nH]c12.CCOC(=O)c1c([N+](=O)[O-])ccc(/C=C/N(C)C)c1[N+](=O)[O-]. The van der Waals surface area contributed by atoms with Crippen molar-refractivity contribution in [1.82, 2.24) is 9.88 Å². The molecule has 0 unspecified atom stereocenters. The van der Waals surface area contributed by atoms with Crippen molar-refractivity contribution in [1.29, 1.82) is 0 Å². The number of hydrogen-bond donors (Lipinski definition) is 2. The molecule has 38 heavy (non-hydrogen) atoms. The Morgan fingerprint density at radius 2 is 1.58 bits per heavy atom. The van der Waals surface area contributed by atoms with Crippen molar-refractivity contribution >= 4 is 46.0 Å². The van der Waals surface area contributed by atoms with Crippen molar-refractivity contribution in [2.45, 2.75) is 21.3 Å². The van der Waals surface area contributed by atoms with Crippen molar-refractivity contribution in [2.24, 2.45) is 0 Å². The molecule has 0 aliphatic rings. The highest BCUT2D eigenvalue weighted by atomic mass is 16.6. The second-order valence-corrected chi connectivity index (χ2v) is 7.60. The first-order valence-electron chi connectivity index (χ1n) is 11.0. The molecule has 0 atom stereocenters. The van der Waals surface area contributed by atoms with Gasteiger partial charge in [0.1, 0.15) is 5.56 Å². The Hall–Kier alpha value is -4.94. The second kappa shape index (κ2) is 14.0. The second-order valence-electron chi connectivity index (χ2n) is 7.60. The number of nitrogens with zero attached hydrogens (tertiary/aromatic N) is 3. The topological polar surface area (TPSA) is 184 Å². The minimum atomic E-state index is -1.10. The van der Waals surface area contributed by atoms with E-state index in [9.17, 15) is 29.8 Å². The lowest BCUT2D eigenvalue weighted by molar-refractivity contribution is -0.394. The molecule has 0 bridgehead atoms. The van der Waals surface area contributed by atoms with Gasteiger partial charge in [0.05, 0.1) is 34.1 Å². The van der Waals surface area contributed by atoms with E-state index in [1.165, 1.54) is 25.3 Å². The number of rotatable bonds is 8. The number of nitro benzene ring substituents is 2. The van der Waals surface area contributed by atoms with E-state index < -0.39 is 32.8 Å². The number of anilines is 1. The molecular formula is C25H31N5O8. The van der Waals surface area contributed by atoms with Gasteiger partial charge in [0.2, 0.25) is 5.56 Å². The zero-order valence-electron chi connectivity index (χ0n) is 20.7. The number of aromatic nitrogens is 1. The molecule has 0 aliphatic carbocycles. The predicted molar refractivity (Wildman–Crippen MR) is 144 cm³/mol. The number of esters is 2. The van der Waals surface area contributed by atoms with Crippen molar-refractivity contribution in [3.8, 4) is 0 Å². The summed E-state index contributed by atoms with van der Waals surface area (Å²) in [6.07, 6.45) is 4.69. The number of carbonyl (C=O) groups is 2. The lowest BCUT2D eigenvalue weighted by atomic mass is 10.0. The normalized spacial score (nSPS) is 10.2. The molecular weight excluding hydrogens is 498 g/mol.